The van der Waals surface area contributed by atoms with Gasteiger partial charge in [0.1, 0.15) is 6.10 Å². The van der Waals surface area contributed by atoms with Crippen LogP contribution in [0.15, 0.2) is 36.0 Å². The van der Waals surface area contributed by atoms with Gasteiger partial charge in [-0.3, -0.25) is 0 Å². The lowest BCUT2D eigenvalue weighted by Crippen LogP contribution is -2.37. The quantitative estimate of drug-likeness (QED) is 0.538. The van der Waals surface area contributed by atoms with E-state index in [9.17, 15) is 4.79 Å². The highest BCUT2D eigenvalue weighted by Gasteiger charge is 2.46. The molecule has 0 radical (unpaired) electrons. The summed E-state index contributed by atoms with van der Waals surface area (Å²) in [5.41, 5.74) is 3.10. The summed E-state index contributed by atoms with van der Waals surface area (Å²) in [6.07, 6.45) is 3.65. The summed E-state index contributed by atoms with van der Waals surface area (Å²) in [5, 5.41) is 0. The summed E-state index contributed by atoms with van der Waals surface area (Å²) < 4.78 is 5.41. The first-order valence-electron chi connectivity index (χ1n) is 6.08. The van der Waals surface area contributed by atoms with E-state index in [1.165, 1.54) is 5.57 Å². The zero-order valence-electron chi connectivity index (χ0n) is 10.9. The SMILES string of the molecule is C=C[C@]1(C)C[C@@H]2OC(=O)C(C)=C2C[C@H]1C(=C)C. The molecule has 1 fully saturated rings. The van der Waals surface area contributed by atoms with E-state index in [4.69, 9.17) is 4.74 Å². The molecule has 0 amide bonds. The van der Waals surface area contributed by atoms with Crippen molar-refractivity contribution in [2.45, 2.75) is 39.7 Å². The van der Waals surface area contributed by atoms with Crippen LogP contribution >= 0.6 is 0 Å². The Morgan fingerprint density at radius 2 is 2.24 bits per heavy atom. The Labute approximate surface area is 103 Å². The van der Waals surface area contributed by atoms with Gasteiger partial charge in [0.25, 0.3) is 0 Å². The maximum Gasteiger partial charge on any atom is 0.334 e. The summed E-state index contributed by atoms with van der Waals surface area (Å²) >= 11 is 0. The van der Waals surface area contributed by atoms with Crippen LogP contribution in [0.4, 0.5) is 0 Å². The topological polar surface area (TPSA) is 26.3 Å². The number of rotatable bonds is 2. The molecule has 1 heterocycles. The smallest absolute Gasteiger partial charge is 0.334 e. The second-order valence-corrected chi connectivity index (χ2v) is 5.56. The second-order valence-electron chi connectivity index (χ2n) is 5.56. The average molecular weight is 232 g/mol. The molecule has 2 heteroatoms. The third kappa shape index (κ3) is 1.76. The van der Waals surface area contributed by atoms with Gasteiger partial charge in [-0.2, -0.15) is 0 Å². The minimum Gasteiger partial charge on any atom is -0.454 e. The summed E-state index contributed by atoms with van der Waals surface area (Å²) in [5.74, 6) is 0.203. The van der Waals surface area contributed by atoms with Gasteiger partial charge in [-0.25, -0.2) is 4.79 Å². The van der Waals surface area contributed by atoms with Gasteiger partial charge in [0.05, 0.1) is 0 Å². The number of allylic oxidation sites excluding steroid dienone is 2. The molecule has 0 aromatic heterocycles. The van der Waals surface area contributed by atoms with E-state index in [1.54, 1.807) is 0 Å². The number of ether oxygens (including phenoxy) is 1. The van der Waals surface area contributed by atoms with Gasteiger partial charge in [0.2, 0.25) is 0 Å². The normalized spacial score (nSPS) is 36.5. The van der Waals surface area contributed by atoms with E-state index in [0.29, 0.717) is 5.92 Å². The van der Waals surface area contributed by atoms with Gasteiger partial charge in [-0.1, -0.05) is 25.2 Å². The average Bonchev–Trinajstić information content (AvgIpc) is 2.53. The van der Waals surface area contributed by atoms with E-state index in [2.05, 4.69) is 27.0 Å². The van der Waals surface area contributed by atoms with Gasteiger partial charge in [0.15, 0.2) is 0 Å². The molecule has 0 aromatic carbocycles. The van der Waals surface area contributed by atoms with Gasteiger partial charge in [-0.05, 0) is 43.6 Å². The molecule has 1 aliphatic heterocycles. The third-order valence-electron chi connectivity index (χ3n) is 4.33. The lowest BCUT2D eigenvalue weighted by atomic mass is 9.63. The number of carbonyl (C=O) groups excluding carboxylic acids is 1. The number of fused-ring (bicyclic) bond motifs is 1. The van der Waals surface area contributed by atoms with Crippen LogP contribution in [0, 0.1) is 11.3 Å². The predicted molar refractivity (Wildman–Crippen MR) is 68.4 cm³/mol. The monoisotopic (exact) mass is 232 g/mol. The summed E-state index contributed by atoms with van der Waals surface area (Å²) in [6.45, 7) is 14.1. The molecule has 0 unspecified atom stereocenters. The van der Waals surface area contributed by atoms with E-state index in [0.717, 1.165) is 24.0 Å². The van der Waals surface area contributed by atoms with Crippen molar-refractivity contribution in [3.05, 3.63) is 36.0 Å². The molecule has 1 saturated carbocycles. The van der Waals surface area contributed by atoms with E-state index in [1.807, 2.05) is 13.0 Å². The third-order valence-corrected chi connectivity index (χ3v) is 4.33. The molecule has 0 N–H and O–H groups in total. The first kappa shape index (κ1) is 12.2. The Bertz CT molecular complexity index is 430. The molecule has 0 bridgehead atoms. The fraction of sp³-hybridized carbons (Fsp3) is 0.533. The molecule has 2 nitrogen and oxygen atoms in total. The fourth-order valence-electron chi connectivity index (χ4n) is 3.07. The molecular weight excluding hydrogens is 212 g/mol. The van der Waals surface area contributed by atoms with Crippen LogP contribution in [-0.2, 0) is 9.53 Å². The minimum absolute atomic E-state index is 0.0229. The molecule has 0 aromatic rings. The lowest BCUT2D eigenvalue weighted by molar-refractivity contribution is -0.141. The summed E-state index contributed by atoms with van der Waals surface area (Å²) in [7, 11) is 0. The molecule has 2 rings (SSSR count). The van der Waals surface area contributed by atoms with Crippen molar-refractivity contribution in [3.63, 3.8) is 0 Å². The van der Waals surface area contributed by atoms with Gasteiger partial charge in [0, 0.05) is 5.57 Å². The Morgan fingerprint density at radius 1 is 1.59 bits per heavy atom. The Balaban J connectivity index is 2.39. The van der Waals surface area contributed by atoms with Crippen LogP contribution in [0.2, 0.25) is 0 Å². The van der Waals surface area contributed by atoms with E-state index >= 15 is 0 Å². The van der Waals surface area contributed by atoms with Crippen molar-refractivity contribution in [2.24, 2.45) is 11.3 Å². The van der Waals surface area contributed by atoms with Crippen LogP contribution in [0.1, 0.15) is 33.6 Å². The molecule has 1 aliphatic carbocycles. The van der Waals surface area contributed by atoms with Gasteiger partial charge >= 0.3 is 5.97 Å². The molecule has 92 valence electrons. The lowest BCUT2D eigenvalue weighted by Gasteiger charge is -2.42. The van der Waals surface area contributed by atoms with Crippen LogP contribution < -0.4 is 0 Å². The van der Waals surface area contributed by atoms with Crippen LogP contribution in [0.25, 0.3) is 0 Å². The zero-order valence-corrected chi connectivity index (χ0v) is 10.9. The summed E-state index contributed by atoms with van der Waals surface area (Å²) in [4.78, 5) is 11.6. The van der Waals surface area contributed by atoms with E-state index in [-0.39, 0.29) is 17.5 Å². The molecular formula is C15H20O2. The van der Waals surface area contributed by atoms with Crippen LogP contribution in [0.3, 0.4) is 0 Å². The Morgan fingerprint density at radius 3 is 2.76 bits per heavy atom. The Hall–Kier alpha value is -1.31. The van der Waals surface area contributed by atoms with Crippen LogP contribution in [-0.4, -0.2) is 12.1 Å². The predicted octanol–water partition coefficient (Wildman–Crippen LogP) is 3.41. The van der Waals surface area contributed by atoms with Crippen molar-refractivity contribution in [1.29, 1.82) is 0 Å². The highest BCUT2D eigenvalue weighted by molar-refractivity contribution is 5.91. The number of hydrogen-bond donors (Lipinski definition) is 0. The second kappa shape index (κ2) is 3.86. The molecule has 2 aliphatic rings. The van der Waals surface area contributed by atoms with Crippen molar-refractivity contribution in [3.8, 4) is 0 Å². The fourth-order valence-corrected chi connectivity index (χ4v) is 3.07. The zero-order chi connectivity index (χ0) is 12.8. The first-order chi connectivity index (χ1) is 7.89. The van der Waals surface area contributed by atoms with Gasteiger partial charge < -0.3 is 4.74 Å². The molecule has 0 saturated heterocycles. The number of esters is 1. The van der Waals surface area contributed by atoms with Crippen molar-refractivity contribution < 1.29 is 9.53 Å². The number of hydrogen-bond acceptors (Lipinski definition) is 2. The van der Waals surface area contributed by atoms with Crippen molar-refractivity contribution in [1.82, 2.24) is 0 Å². The molecule has 3 atom stereocenters. The maximum absolute atomic E-state index is 11.6. The van der Waals surface area contributed by atoms with Gasteiger partial charge in [-0.15, -0.1) is 6.58 Å². The highest BCUT2D eigenvalue weighted by Crippen LogP contribution is 2.50. The maximum atomic E-state index is 11.6. The minimum atomic E-state index is -0.154. The molecule has 17 heavy (non-hydrogen) atoms. The Kier molecular flexibility index (Phi) is 2.76. The van der Waals surface area contributed by atoms with Crippen molar-refractivity contribution in [2.75, 3.05) is 0 Å². The molecule has 0 spiro atoms. The van der Waals surface area contributed by atoms with E-state index < -0.39 is 0 Å². The highest BCUT2D eigenvalue weighted by atomic mass is 16.5. The standard InChI is InChI=1S/C15H20O2/c1-6-15(5)8-13-11(7-12(15)9(2)3)10(4)14(16)17-13/h6,12-13H,1-2,7-8H2,3-5H3/t12-,13-,15+/m0/s1. The summed E-state index contributed by atoms with van der Waals surface area (Å²) in [6, 6.07) is 0. The van der Waals surface area contributed by atoms with Crippen molar-refractivity contribution >= 4 is 5.97 Å². The van der Waals surface area contributed by atoms with Crippen LogP contribution in [0.5, 0.6) is 0 Å². The number of carbonyl (C=O) groups is 1. The first-order valence-corrected chi connectivity index (χ1v) is 6.08. The largest absolute Gasteiger partial charge is 0.454 e.